The predicted molar refractivity (Wildman–Crippen MR) is 96.3 cm³/mol. The molecule has 0 amide bonds. The molecule has 7 heteroatoms. The van der Waals surface area contributed by atoms with Gasteiger partial charge in [-0.2, -0.15) is 0 Å². The van der Waals surface area contributed by atoms with Crippen molar-refractivity contribution in [3.63, 3.8) is 0 Å². The molecule has 3 aromatic heterocycles. The molecule has 1 aromatic carbocycles. The number of nitrogens with zero attached hydrogens (tertiary/aromatic N) is 2. The van der Waals surface area contributed by atoms with Crippen LogP contribution in [0.4, 0.5) is 21.6 Å². The molecule has 0 saturated carbocycles. The van der Waals surface area contributed by atoms with Crippen LogP contribution in [0.2, 0.25) is 5.02 Å². The number of anilines is 3. The van der Waals surface area contributed by atoms with Crippen molar-refractivity contribution in [3.8, 4) is 11.4 Å². The largest absolute Gasteiger partial charge is 0.436 e. The molecule has 124 valence electrons. The first-order valence-electron chi connectivity index (χ1n) is 7.44. The molecule has 0 fully saturated rings. The quantitative estimate of drug-likeness (QED) is 0.541. The average Bonchev–Trinajstić information content (AvgIpc) is 2.94. The van der Waals surface area contributed by atoms with Gasteiger partial charge in [0.15, 0.2) is 5.58 Å². The predicted octanol–water partition coefficient (Wildman–Crippen LogP) is 5.01. The van der Waals surface area contributed by atoms with Crippen LogP contribution >= 0.6 is 11.6 Å². The van der Waals surface area contributed by atoms with Crippen LogP contribution in [0.3, 0.4) is 0 Å². The molecule has 4 rings (SSSR count). The summed E-state index contributed by atoms with van der Waals surface area (Å²) in [5.41, 5.74) is 8.99. The van der Waals surface area contributed by atoms with Gasteiger partial charge < -0.3 is 15.5 Å². The van der Waals surface area contributed by atoms with Crippen LogP contribution in [-0.4, -0.2) is 9.97 Å². The van der Waals surface area contributed by atoms with Crippen molar-refractivity contribution in [3.05, 3.63) is 65.7 Å². The summed E-state index contributed by atoms with van der Waals surface area (Å²) in [5.74, 6) is -0.292. The van der Waals surface area contributed by atoms with E-state index < -0.39 is 5.82 Å². The lowest BCUT2D eigenvalue weighted by Crippen LogP contribution is -1.94. The minimum Gasteiger partial charge on any atom is -0.436 e. The topological polar surface area (TPSA) is 77.0 Å². The monoisotopic (exact) mass is 354 g/mol. The van der Waals surface area contributed by atoms with Gasteiger partial charge in [-0.05, 0) is 36.4 Å². The minimum atomic E-state index is -0.487. The summed E-state index contributed by atoms with van der Waals surface area (Å²) in [6, 6.07) is 11.7. The summed E-state index contributed by atoms with van der Waals surface area (Å²) < 4.78 is 19.0. The molecule has 25 heavy (non-hydrogen) atoms. The number of nitrogens with one attached hydrogen (secondary N) is 1. The van der Waals surface area contributed by atoms with Gasteiger partial charge in [-0.1, -0.05) is 17.7 Å². The van der Waals surface area contributed by atoms with Gasteiger partial charge in [0.05, 0.1) is 16.1 Å². The molecule has 0 aliphatic carbocycles. The second kappa shape index (κ2) is 6.07. The smallest absolute Gasteiger partial charge is 0.215 e. The lowest BCUT2D eigenvalue weighted by molar-refractivity contribution is 0.628. The van der Waals surface area contributed by atoms with Gasteiger partial charge in [0.1, 0.15) is 17.2 Å². The molecule has 0 aliphatic rings. The summed E-state index contributed by atoms with van der Waals surface area (Å²) in [6.45, 7) is 0. The fourth-order valence-corrected chi connectivity index (χ4v) is 2.76. The molecule has 0 atom stereocenters. The molecule has 0 radical (unpaired) electrons. The molecule has 5 nitrogen and oxygen atoms in total. The summed E-state index contributed by atoms with van der Waals surface area (Å²) in [5, 5.41) is 3.89. The van der Waals surface area contributed by atoms with Crippen LogP contribution in [0.25, 0.3) is 22.4 Å². The highest BCUT2D eigenvalue weighted by molar-refractivity contribution is 6.31. The first-order valence-corrected chi connectivity index (χ1v) is 7.82. The maximum atomic E-state index is 13.3. The number of halogens is 2. The third-order valence-electron chi connectivity index (χ3n) is 3.73. The maximum absolute atomic E-state index is 13.3. The minimum absolute atomic E-state index is 0.0206. The van der Waals surface area contributed by atoms with Crippen LogP contribution < -0.4 is 11.1 Å². The molecule has 3 heterocycles. The summed E-state index contributed by atoms with van der Waals surface area (Å²) >= 11 is 5.83. The number of nitrogens with two attached hydrogens (primary N) is 1. The number of benzene rings is 1. The van der Waals surface area contributed by atoms with E-state index in [4.69, 9.17) is 21.8 Å². The van der Waals surface area contributed by atoms with E-state index in [0.29, 0.717) is 28.3 Å². The normalized spacial score (nSPS) is 11.0. The number of hydrogen-bond donors (Lipinski definition) is 2. The van der Waals surface area contributed by atoms with E-state index in [-0.39, 0.29) is 10.9 Å². The molecule has 0 unspecified atom stereocenters. The fraction of sp³-hybridized carbons (Fsp3) is 0. The van der Waals surface area contributed by atoms with E-state index in [1.807, 2.05) is 18.2 Å². The highest BCUT2D eigenvalue weighted by Gasteiger charge is 2.17. The Labute approximate surface area is 147 Å². The highest BCUT2D eigenvalue weighted by atomic mass is 35.5. The van der Waals surface area contributed by atoms with E-state index in [2.05, 4.69) is 15.3 Å². The van der Waals surface area contributed by atoms with E-state index in [1.54, 1.807) is 24.5 Å². The van der Waals surface area contributed by atoms with E-state index >= 15 is 0 Å². The Morgan fingerprint density at radius 3 is 2.72 bits per heavy atom. The molecule has 0 saturated heterocycles. The zero-order valence-corrected chi connectivity index (χ0v) is 13.6. The van der Waals surface area contributed by atoms with Crippen LogP contribution in [0.5, 0.6) is 0 Å². The summed E-state index contributed by atoms with van der Waals surface area (Å²) in [6.07, 6.45) is 3.34. The highest BCUT2D eigenvalue weighted by Crippen LogP contribution is 2.38. The molecule has 0 bridgehead atoms. The van der Waals surface area contributed by atoms with Crippen LogP contribution in [0, 0.1) is 5.82 Å². The van der Waals surface area contributed by atoms with Gasteiger partial charge in [-0.3, -0.25) is 9.97 Å². The Hall–Kier alpha value is -3.12. The zero-order valence-electron chi connectivity index (χ0n) is 12.8. The maximum Gasteiger partial charge on any atom is 0.215 e. The third kappa shape index (κ3) is 2.77. The molecule has 0 spiro atoms. The molecule has 3 N–H and O–H groups in total. The van der Waals surface area contributed by atoms with Crippen LogP contribution in [-0.2, 0) is 0 Å². The van der Waals surface area contributed by atoms with Crippen LogP contribution in [0.1, 0.15) is 0 Å². The first-order chi connectivity index (χ1) is 12.1. The lowest BCUT2D eigenvalue weighted by Gasteiger charge is -2.06. The Bertz CT molecular complexity index is 1070. The number of nitrogen functional groups attached to an aromatic ring is 1. The number of hydrogen-bond acceptors (Lipinski definition) is 5. The van der Waals surface area contributed by atoms with Crippen molar-refractivity contribution in [2.45, 2.75) is 0 Å². The lowest BCUT2D eigenvalue weighted by atomic mass is 10.2. The summed E-state index contributed by atoms with van der Waals surface area (Å²) in [4.78, 5) is 8.65. The zero-order chi connectivity index (χ0) is 17.4. The number of fused-ring (bicyclic) bond motifs is 1. The van der Waals surface area contributed by atoms with Crippen molar-refractivity contribution in [1.82, 2.24) is 9.97 Å². The van der Waals surface area contributed by atoms with E-state index in [1.165, 1.54) is 12.1 Å². The number of aromatic nitrogens is 2. The SMILES string of the molecule is Nc1oc2c(-c3ccccn3)nccc2c1Nc1ccc(F)c(Cl)c1. The number of pyridine rings is 2. The third-order valence-corrected chi connectivity index (χ3v) is 4.02. The van der Waals surface area contributed by atoms with E-state index in [0.717, 1.165) is 5.39 Å². The van der Waals surface area contributed by atoms with Gasteiger partial charge in [-0.15, -0.1) is 0 Å². The second-order valence-corrected chi connectivity index (χ2v) is 5.75. The Morgan fingerprint density at radius 2 is 1.96 bits per heavy atom. The molecule has 4 aromatic rings. The standard InChI is InChI=1S/C18H12ClFN4O/c19-12-9-10(4-5-13(12)20)24-15-11-6-8-23-16(17(11)25-18(15)21)14-3-1-2-7-22-14/h1-9,24H,21H2. The Balaban J connectivity index is 1.83. The Kier molecular flexibility index (Phi) is 3.74. The van der Waals surface area contributed by atoms with Crippen molar-refractivity contribution in [1.29, 1.82) is 0 Å². The fourth-order valence-electron chi connectivity index (χ4n) is 2.57. The van der Waals surface area contributed by atoms with Crippen molar-refractivity contribution in [2.24, 2.45) is 0 Å². The molecular formula is C18H12ClFN4O. The van der Waals surface area contributed by atoms with Gasteiger partial charge in [-0.25, -0.2) is 4.39 Å². The average molecular weight is 355 g/mol. The van der Waals surface area contributed by atoms with Crippen LogP contribution in [0.15, 0.2) is 59.3 Å². The van der Waals surface area contributed by atoms with Gasteiger partial charge >= 0.3 is 0 Å². The first kappa shape index (κ1) is 15.4. The van der Waals surface area contributed by atoms with Crippen molar-refractivity contribution < 1.29 is 8.81 Å². The molecular weight excluding hydrogens is 343 g/mol. The number of furan rings is 1. The van der Waals surface area contributed by atoms with Gasteiger partial charge in [0, 0.05) is 18.1 Å². The second-order valence-electron chi connectivity index (χ2n) is 5.35. The van der Waals surface area contributed by atoms with Crippen molar-refractivity contribution in [2.75, 3.05) is 11.1 Å². The van der Waals surface area contributed by atoms with Gasteiger partial charge in [0.2, 0.25) is 5.88 Å². The Morgan fingerprint density at radius 1 is 1.08 bits per heavy atom. The van der Waals surface area contributed by atoms with Crippen molar-refractivity contribution >= 4 is 39.8 Å². The molecule has 0 aliphatic heterocycles. The van der Waals surface area contributed by atoms with Gasteiger partial charge in [0.25, 0.3) is 0 Å². The van der Waals surface area contributed by atoms with E-state index in [9.17, 15) is 4.39 Å². The number of rotatable bonds is 3. The summed E-state index contributed by atoms with van der Waals surface area (Å²) in [7, 11) is 0.